The topological polar surface area (TPSA) is 12.0 Å². The molecule has 5 heteroatoms. The van der Waals surface area contributed by atoms with E-state index in [4.69, 9.17) is 0 Å². The van der Waals surface area contributed by atoms with E-state index in [1.807, 2.05) is 0 Å². The molecule has 0 aromatic rings. The number of allylic oxidation sites excluding steroid dienone is 4. The van der Waals surface area contributed by atoms with Gasteiger partial charge in [-0.3, -0.25) is 0 Å². The first-order chi connectivity index (χ1) is 7.47. The molecule has 1 aliphatic carbocycles. The summed E-state index contributed by atoms with van der Waals surface area (Å²) in [6, 6.07) is 0. The number of hydrogen-bond acceptors (Lipinski definition) is 1. The molecule has 0 saturated heterocycles. The zero-order valence-electron chi connectivity index (χ0n) is 14.4. The van der Waals surface area contributed by atoms with Crippen molar-refractivity contribution < 1.29 is 21.7 Å². The maximum atomic E-state index is 3.91. The maximum Gasteiger partial charge on any atom is 0.131 e. The van der Waals surface area contributed by atoms with Crippen molar-refractivity contribution in [2.75, 3.05) is 0 Å². The molecule has 0 bridgehead atoms. The van der Waals surface area contributed by atoms with Crippen molar-refractivity contribution in [2.24, 2.45) is 0 Å². The Labute approximate surface area is 154 Å². The van der Waals surface area contributed by atoms with Crippen LogP contribution in [-0.2, 0) is 21.7 Å². The van der Waals surface area contributed by atoms with Crippen molar-refractivity contribution in [1.29, 1.82) is 0 Å². The molecule has 0 unspecified atom stereocenters. The molecule has 0 aromatic carbocycles. The van der Waals surface area contributed by atoms with Gasteiger partial charge in [0.1, 0.15) is 8.24 Å². The van der Waals surface area contributed by atoms with E-state index < -0.39 is 8.24 Å². The van der Waals surface area contributed by atoms with Gasteiger partial charge in [-0.05, 0) is 59.6 Å². The average Bonchev–Trinajstić information content (AvgIpc) is 2.27. The molecule has 0 saturated carbocycles. The molecule has 0 spiro atoms. The molecule has 1 rings (SSSR count). The van der Waals surface area contributed by atoms with E-state index in [0.717, 1.165) is 0 Å². The first-order valence-electron chi connectivity index (χ1n) is 6.62. The molecule has 0 heterocycles. The minimum Gasteiger partial charge on any atom is -0.332 e. The molecule has 1 nitrogen and oxygen atoms in total. The Hall–Kier alpha value is 0.951. The van der Waals surface area contributed by atoms with Gasteiger partial charge in [0.2, 0.25) is 0 Å². The Morgan fingerprint density at radius 2 is 1.15 bits per heavy atom. The number of halogens is 2. The minimum absolute atomic E-state index is 0. The van der Waals surface area contributed by atoms with Crippen LogP contribution in [0.15, 0.2) is 22.3 Å². The summed E-state index contributed by atoms with van der Waals surface area (Å²) in [5.74, 6) is 0. The molecule has 0 amide bonds. The van der Waals surface area contributed by atoms with Crippen LogP contribution in [0, 0.1) is 0 Å². The first kappa shape index (κ1) is 25.9. The van der Waals surface area contributed by atoms with Crippen LogP contribution in [0.5, 0.6) is 0 Å². The van der Waals surface area contributed by atoms with Crippen LogP contribution in [0.25, 0.3) is 0 Å². The fraction of sp³-hybridized carbons (Fsp3) is 0.733. The summed E-state index contributed by atoms with van der Waals surface area (Å²) in [7, 11) is -1.48. The summed E-state index contributed by atoms with van der Waals surface area (Å²) in [6.07, 6.45) is 0. The van der Waals surface area contributed by atoms with E-state index in [0.29, 0.717) is 5.54 Å². The van der Waals surface area contributed by atoms with Crippen molar-refractivity contribution in [3.63, 3.8) is 0 Å². The van der Waals surface area contributed by atoms with Gasteiger partial charge < -0.3 is 4.98 Å². The van der Waals surface area contributed by atoms with Crippen molar-refractivity contribution in [3.05, 3.63) is 22.3 Å². The van der Waals surface area contributed by atoms with Crippen LogP contribution < -0.4 is 4.98 Å². The quantitative estimate of drug-likeness (QED) is 0.633. The summed E-state index contributed by atoms with van der Waals surface area (Å²) in [6.45, 7) is 20.9. The van der Waals surface area contributed by atoms with Crippen LogP contribution >= 0.6 is 24.8 Å². The van der Waals surface area contributed by atoms with E-state index in [-0.39, 0.29) is 52.1 Å². The minimum atomic E-state index is -1.48. The summed E-state index contributed by atoms with van der Waals surface area (Å²) >= 11 is 0. The van der Waals surface area contributed by atoms with Gasteiger partial charge in [0.25, 0.3) is 0 Å². The second-order valence-electron chi connectivity index (χ2n) is 7.15. The third-order valence-corrected chi connectivity index (χ3v) is 7.73. The van der Waals surface area contributed by atoms with Gasteiger partial charge in [-0.15, -0.1) is 24.8 Å². The Bertz CT molecular complexity index is 371. The molecular weight excluding hydrogens is 341 g/mol. The standard InChI is InChI=1S/C15H29NSi.2ClH.Ti/c1-10-11(2)13(4)14(12(10)3)17(8,9)16-15(5,6)7;;;/h14,16H,1-9H3;2*1H;. The molecule has 0 aliphatic heterocycles. The SMILES string of the molecule is CC1=C(C)C([Si](C)(C)NC(C)(C)C)C(C)=C1C.Cl.Cl.[Ti]. The van der Waals surface area contributed by atoms with Gasteiger partial charge in [-0.2, -0.15) is 0 Å². The second kappa shape index (κ2) is 8.55. The van der Waals surface area contributed by atoms with Crippen molar-refractivity contribution in [3.8, 4) is 0 Å². The Morgan fingerprint density at radius 1 is 0.850 bits per heavy atom. The first-order valence-corrected chi connectivity index (χ1v) is 9.69. The smallest absolute Gasteiger partial charge is 0.131 e. The molecule has 0 radical (unpaired) electrons. The summed E-state index contributed by atoms with van der Waals surface area (Å²) in [5.41, 5.74) is 7.09. The van der Waals surface area contributed by atoms with Crippen molar-refractivity contribution in [2.45, 2.75) is 72.6 Å². The Kier molecular flexibility index (Phi) is 11.1. The number of rotatable bonds is 2. The normalized spacial score (nSPS) is 16.6. The summed E-state index contributed by atoms with van der Waals surface area (Å²) in [4.78, 5) is 3.91. The van der Waals surface area contributed by atoms with Crippen molar-refractivity contribution in [1.82, 2.24) is 4.98 Å². The van der Waals surface area contributed by atoms with Crippen molar-refractivity contribution >= 4 is 33.0 Å². The average molecular weight is 372 g/mol. The molecule has 20 heavy (non-hydrogen) atoms. The van der Waals surface area contributed by atoms with Crippen LogP contribution in [0.3, 0.4) is 0 Å². The molecule has 0 atom stereocenters. The van der Waals surface area contributed by atoms with Crippen LogP contribution in [-0.4, -0.2) is 13.8 Å². The summed E-state index contributed by atoms with van der Waals surface area (Å²) in [5, 5.41) is 0. The van der Waals surface area contributed by atoms with Gasteiger partial charge in [0.15, 0.2) is 0 Å². The molecule has 118 valence electrons. The molecular formula is C15H31Cl2NSiTi. The molecule has 0 fully saturated rings. The fourth-order valence-corrected chi connectivity index (χ4v) is 8.15. The van der Waals surface area contributed by atoms with E-state index in [1.54, 1.807) is 11.1 Å². The summed E-state index contributed by atoms with van der Waals surface area (Å²) < 4.78 is 0. The molecule has 1 N–H and O–H groups in total. The Morgan fingerprint density at radius 3 is 1.40 bits per heavy atom. The maximum absolute atomic E-state index is 3.91. The Balaban J connectivity index is -0.000000963. The zero-order chi connectivity index (χ0) is 13.6. The third-order valence-electron chi connectivity index (χ3n) is 4.03. The van der Waals surface area contributed by atoms with Gasteiger partial charge in [-0.25, -0.2) is 0 Å². The van der Waals surface area contributed by atoms with E-state index in [9.17, 15) is 0 Å². The van der Waals surface area contributed by atoms with Gasteiger partial charge in [0.05, 0.1) is 0 Å². The number of nitrogens with one attached hydrogen (secondary N) is 1. The van der Waals surface area contributed by atoms with Gasteiger partial charge in [0, 0.05) is 32.8 Å². The molecule has 0 aromatic heterocycles. The zero-order valence-corrected chi connectivity index (χ0v) is 18.6. The van der Waals surface area contributed by atoms with E-state index in [1.165, 1.54) is 11.1 Å². The monoisotopic (exact) mass is 371 g/mol. The predicted octanol–water partition coefficient (Wildman–Crippen LogP) is 5.48. The van der Waals surface area contributed by atoms with Crippen LogP contribution in [0.1, 0.15) is 48.5 Å². The van der Waals surface area contributed by atoms with E-state index >= 15 is 0 Å². The predicted molar refractivity (Wildman–Crippen MR) is 95.4 cm³/mol. The largest absolute Gasteiger partial charge is 0.332 e. The molecule has 1 aliphatic rings. The van der Waals surface area contributed by atoms with E-state index in [2.05, 4.69) is 66.5 Å². The fourth-order valence-electron chi connectivity index (χ4n) is 3.47. The number of hydrogen-bond donors (Lipinski definition) is 1. The van der Waals surface area contributed by atoms with Gasteiger partial charge in [-0.1, -0.05) is 24.2 Å². The second-order valence-corrected chi connectivity index (χ2v) is 11.4. The van der Waals surface area contributed by atoms with Crippen LogP contribution in [0.4, 0.5) is 0 Å². The third kappa shape index (κ3) is 5.62. The van der Waals surface area contributed by atoms with Gasteiger partial charge >= 0.3 is 0 Å². The van der Waals surface area contributed by atoms with Crippen LogP contribution in [0.2, 0.25) is 18.6 Å².